The summed E-state index contributed by atoms with van der Waals surface area (Å²) in [6, 6.07) is 21.2. The van der Waals surface area contributed by atoms with Crippen LogP contribution in [0, 0.1) is 11.7 Å². The van der Waals surface area contributed by atoms with Crippen LogP contribution in [0.5, 0.6) is 5.75 Å². The minimum Gasteiger partial charge on any atom is -0.492 e. The predicted molar refractivity (Wildman–Crippen MR) is 177 cm³/mol. The van der Waals surface area contributed by atoms with Crippen LogP contribution in [0.1, 0.15) is 62.3 Å². The SMILES string of the molecule is COc1c(N2C[C@@H]3CCCN(C(C)=O)[C@@H]3C2)c(F)cc2c(=O)c(/C=N/OC(C)(c3ccccc3)c3ccccc3)cn(C3CC3)c12. The predicted octanol–water partition coefficient (Wildman–Crippen LogP) is 6.25. The lowest BCUT2D eigenvalue weighted by molar-refractivity contribution is -0.132. The van der Waals surface area contributed by atoms with E-state index in [1.807, 2.05) is 82.0 Å². The van der Waals surface area contributed by atoms with Crippen LogP contribution in [0.2, 0.25) is 0 Å². The highest BCUT2D eigenvalue weighted by atomic mass is 19.1. The molecule has 1 saturated carbocycles. The number of aromatic nitrogens is 1. The number of carbonyl (C=O) groups excluding carboxylic acids is 1. The fourth-order valence-electron chi connectivity index (χ4n) is 7.41. The molecule has 0 radical (unpaired) electrons. The molecular formula is C37H39FN4O4. The lowest BCUT2D eigenvalue weighted by Crippen LogP contribution is -2.47. The van der Waals surface area contributed by atoms with Crippen molar-refractivity contribution in [1.29, 1.82) is 0 Å². The van der Waals surface area contributed by atoms with Gasteiger partial charge in [0.25, 0.3) is 0 Å². The van der Waals surface area contributed by atoms with Crippen molar-refractivity contribution in [3.63, 3.8) is 0 Å². The molecule has 8 nitrogen and oxygen atoms in total. The van der Waals surface area contributed by atoms with Crippen LogP contribution in [0.4, 0.5) is 10.1 Å². The van der Waals surface area contributed by atoms with Crippen LogP contribution < -0.4 is 15.1 Å². The zero-order valence-electron chi connectivity index (χ0n) is 26.5. The second kappa shape index (κ2) is 11.9. The summed E-state index contributed by atoms with van der Waals surface area (Å²) in [5.41, 5.74) is 1.83. The van der Waals surface area contributed by atoms with Gasteiger partial charge in [-0.25, -0.2) is 4.39 Å². The minimum absolute atomic E-state index is 0.0349. The van der Waals surface area contributed by atoms with Gasteiger partial charge in [-0.2, -0.15) is 0 Å². The molecule has 238 valence electrons. The van der Waals surface area contributed by atoms with Gasteiger partial charge in [0.05, 0.1) is 35.8 Å². The van der Waals surface area contributed by atoms with Crippen LogP contribution in [0.15, 0.2) is 82.9 Å². The van der Waals surface area contributed by atoms with Crippen molar-refractivity contribution in [3.8, 4) is 5.75 Å². The standard InChI is InChI=1S/C37H39FN4O4/c1-24(43)41-18-10-11-25-21-40(23-32(25)41)34-31(38)19-30-33(36(34)45-3)42(29-16-17-29)22-26(35(30)44)20-39-46-37(2,27-12-6-4-7-13-27)28-14-8-5-9-15-28/h4-9,12-15,19-20,22,25,29,32H,10-11,16-18,21,23H2,1-3H3/b39-20+/t25-,32+/m0/s1. The van der Waals surface area contributed by atoms with E-state index in [1.54, 1.807) is 13.1 Å². The number of hydrogen-bond donors (Lipinski definition) is 0. The summed E-state index contributed by atoms with van der Waals surface area (Å²) >= 11 is 0. The van der Waals surface area contributed by atoms with Crippen molar-refractivity contribution in [1.82, 2.24) is 9.47 Å². The van der Waals surface area contributed by atoms with E-state index in [9.17, 15) is 9.59 Å². The molecule has 46 heavy (non-hydrogen) atoms. The molecule has 3 aromatic carbocycles. The molecule has 0 unspecified atom stereocenters. The van der Waals surface area contributed by atoms with Crippen molar-refractivity contribution >= 4 is 28.7 Å². The maximum atomic E-state index is 16.2. The highest BCUT2D eigenvalue weighted by molar-refractivity contribution is 5.95. The number of methoxy groups -OCH3 is 1. The Kier molecular flexibility index (Phi) is 7.79. The first kappa shape index (κ1) is 30.0. The summed E-state index contributed by atoms with van der Waals surface area (Å²) in [4.78, 5) is 36.5. The average Bonchev–Trinajstić information content (AvgIpc) is 3.83. The van der Waals surface area contributed by atoms with Crippen molar-refractivity contribution in [3.05, 3.63) is 106 Å². The van der Waals surface area contributed by atoms with Gasteiger partial charge in [0.1, 0.15) is 5.69 Å². The maximum Gasteiger partial charge on any atom is 0.219 e. The molecule has 0 N–H and O–H groups in total. The summed E-state index contributed by atoms with van der Waals surface area (Å²) in [5.74, 6) is 0.158. The Morgan fingerprint density at radius 2 is 1.70 bits per heavy atom. The monoisotopic (exact) mass is 622 g/mol. The van der Waals surface area contributed by atoms with E-state index < -0.39 is 11.4 Å². The molecule has 0 bridgehead atoms. The number of likely N-dealkylation sites (tertiary alicyclic amines) is 1. The van der Waals surface area contributed by atoms with Gasteiger partial charge in [-0.3, -0.25) is 9.59 Å². The molecule has 3 aliphatic rings. The van der Waals surface area contributed by atoms with Gasteiger partial charge in [0, 0.05) is 49.9 Å². The van der Waals surface area contributed by atoms with E-state index in [4.69, 9.17) is 9.57 Å². The molecule has 2 saturated heterocycles. The van der Waals surface area contributed by atoms with E-state index in [0.717, 1.165) is 43.4 Å². The van der Waals surface area contributed by atoms with Crippen LogP contribution in [0.3, 0.4) is 0 Å². The van der Waals surface area contributed by atoms with E-state index in [-0.39, 0.29) is 34.7 Å². The first-order valence-corrected chi connectivity index (χ1v) is 16.1. The molecule has 2 atom stereocenters. The Morgan fingerprint density at radius 3 is 2.30 bits per heavy atom. The summed E-state index contributed by atoms with van der Waals surface area (Å²) < 4.78 is 24.2. The highest BCUT2D eigenvalue weighted by Crippen LogP contribution is 2.45. The molecule has 3 fully saturated rings. The van der Waals surface area contributed by atoms with Gasteiger partial charge < -0.3 is 23.9 Å². The Hall–Kier alpha value is -4.66. The van der Waals surface area contributed by atoms with Crippen LogP contribution in [-0.2, 0) is 15.2 Å². The average molecular weight is 623 g/mol. The number of ether oxygens (including phenoxy) is 1. The number of anilines is 1. The number of benzene rings is 3. The Morgan fingerprint density at radius 1 is 1.02 bits per heavy atom. The molecule has 4 aromatic rings. The maximum absolute atomic E-state index is 16.2. The first-order chi connectivity index (χ1) is 22.3. The summed E-state index contributed by atoms with van der Waals surface area (Å²) in [6.07, 6.45) is 7.06. The third kappa shape index (κ3) is 5.21. The number of carbonyl (C=O) groups is 1. The molecule has 2 aliphatic heterocycles. The first-order valence-electron chi connectivity index (χ1n) is 16.1. The fourth-order valence-corrected chi connectivity index (χ4v) is 7.41. The van der Waals surface area contributed by atoms with Crippen molar-refractivity contribution < 1.29 is 18.8 Å². The third-order valence-electron chi connectivity index (χ3n) is 9.95. The normalized spacial score (nSPS) is 19.9. The van der Waals surface area contributed by atoms with Crippen molar-refractivity contribution in [2.24, 2.45) is 11.1 Å². The zero-order valence-corrected chi connectivity index (χ0v) is 26.5. The second-order valence-corrected chi connectivity index (χ2v) is 12.9. The number of nitrogens with zero attached hydrogens (tertiary/aromatic N) is 4. The van der Waals surface area contributed by atoms with Gasteiger partial charge in [-0.1, -0.05) is 65.8 Å². The molecule has 1 aromatic heterocycles. The summed E-state index contributed by atoms with van der Waals surface area (Å²) in [5, 5.41) is 4.60. The number of piperidine rings is 1. The number of rotatable bonds is 8. The highest BCUT2D eigenvalue weighted by Gasteiger charge is 2.42. The Bertz CT molecular complexity index is 1820. The summed E-state index contributed by atoms with van der Waals surface area (Å²) in [6.45, 7) is 5.44. The Labute approximate surface area is 268 Å². The lowest BCUT2D eigenvalue weighted by Gasteiger charge is -2.36. The van der Waals surface area contributed by atoms with Crippen LogP contribution in [-0.4, -0.2) is 54.4 Å². The molecular weight excluding hydrogens is 583 g/mol. The summed E-state index contributed by atoms with van der Waals surface area (Å²) in [7, 11) is 1.53. The number of oxime groups is 1. The quantitative estimate of drug-likeness (QED) is 0.172. The van der Waals surface area contributed by atoms with E-state index in [2.05, 4.69) is 5.16 Å². The number of halogens is 1. The molecule has 9 heteroatoms. The van der Waals surface area contributed by atoms with Crippen molar-refractivity contribution in [2.45, 2.75) is 57.2 Å². The van der Waals surface area contributed by atoms with E-state index in [1.165, 1.54) is 19.4 Å². The second-order valence-electron chi connectivity index (χ2n) is 12.9. The zero-order chi connectivity index (χ0) is 32.0. The number of hydrogen-bond acceptors (Lipinski definition) is 6. The molecule has 7 rings (SSSR count). The van der Waals surface area contributed by atoms with Crippen molar-refractivity contribution in [2.75, 3.05) is 31.6 Å². The van der Waals surface area contributed by atoms with Crippen LogP contribution >= 0.6 is 0 Å². The fraction of sp³-hybridized carbons (Fsp3) is 0.378. The van der Waals surface area contributed by atoms with Gasteiger partial charge >= 0.3 is 0 Å². The van der Waals surface area contributed by atoms with Gasteiger partial charge in [0.2, 0.25) is 5.91 Å². The number of amides is 1. The molecule has 0 spiro atoms. The van der Waals surface area contributed by atoms with Gasteiger partial charge in [0.15, 0.2) is 22.6 Å². The van der Waals surface area contributed by atoms with E-state index >= 15 is 4.39 Å². The van der Waals surface area contributed by atoms with E-state index in [0.29, 0.717) is 35.6 Å². The van der Waals surface area contributed by atoms with Gasteiger partial charge in [-0.05, 0) is 44.6 Å². The topological polar surface area (TPSA) is 76.4 Å². The third-order valence-corrected chi connectivity index (χ3v) is 9.95. The van der Waals surface area contributed by atoms with Crippen LogP contribution in [0.25, 0.3) is 10.9 Å². The smallest absolute Gasteiger partial charge is 0.219 e. The molecule has 3 heterocycles. The lowest BCUT2D eigenvalue weighted by atomic mass is 9.88. The Balaban J connectivity index is 1.28. The molecule has 1 amide bonds. The number of pyridine rings is 1. The number of fused-ring (bicyclic) bond motifs is 2. The largest absolute Gasteiger partial charge is 0.492 e. The van der Waals surface area contributed by atoms with Gasteiger partial charge in [-0.15, -0.1) is 0 Å². The minimum atomic E-state index is -0.902. The molecule has 1 aliphatic carbocycles.